The van der Waals surface area contributed by atoms with Crippen LogP contribution in [0.2, 0.25) is 0 Å². The summed E-state index contributed by atoms with van der Waals surface area (Å²) in [6, 6.07) is 7.75. The molecule has 0 unspecified atom stereocenters. The Morgan fingerprint density at radius 1 is 1.33 bits per heavy atom. The number of para-hydroxylation sites is 1. The molecule has 0 aliphatic rings. The van der Waals surface area contributed by atoms with E-state index < -0.39 is 0 Å². The van der Waals surface area contributed by atoms with Crippen LogP contribution >= 0.6 is 0 Å². The van der Waals surface area contributed by atoms with E-state index in [-0.39, 0.29) is 11.4 Å². The van der Waals surface area contributed by atoms with Crippen LogP contribution in [0.4, 0.5) is 0 Å². The minimum absolute atomic E-state index is 0.0125. The van der Waals surface area contributed by atoms with Gasteiger partial charge < -0.3 is 10.3 Å². The predicted octanol–water partition coefficient (Wildman–Crippen LogP) is 3.48. The highest BCUT2D eigenvalue weighted by Crippen LogP contribution is 2.18. The number of fused-ring (bicyclic) bond motifs is 1. The van der Waals surface area contributed by atoms with Gasteiger partial charge in [-0.05, 0) is 32.4 Å². The predicted molar refractivity (Wildman–Crippen MR) is 74.8 cm³/mol. The molecule has 3 nitrogen and oxygen atoms in total. The van der Waals surface area contributed by atoms with Crippen LogP contribution in [0.1, 0.15) is 44.0 Å². The van der Waals surface area contributed by atoms with Crippen molar-refractivity contribution in [1.82, 2.24) is 10.3 Å². The van der Waals surface area contributed by atoms with E-state index in [4.69, 9.17) is 0 Å². The van der Waals surface area contributed by atoms with Gasteiger partial charge in [0.1, 0.15) is 0 Å². The number of aromatic nitrogens is 1. The fourth-order valence-corrected chi connectivity index (χ4v) is 2.34. The lowest BCUT2D eigenvalue weighted by Gasteiger charge is -2.25. The Kier molecular flexibility index (Phi) is 3.41. The average molecular weight is 244 g/mol. The number of aromatic amines is 1. The first-order valence-electron chi connectivity index (χ1n) is 6.42. The first kappa shape index (κ1) is 12.7. The molecule has 0 saturated heterocycles. The maximum atomic E-state index is 12.3. The van der Waals surface area contributed by atoms with E-state index in [2.05, 4.69) is 31.1 Å². The first-order chi connectivity index (χ1) is 8.53. The van der Waals surface area contributed by atoms with Crippen LogP contribution in [0, 0.1) is 0 Å². The molecule has 18 heavy (non-hydrogen) atoms. The average Bonchev–Trinajstić information content (AvgIpc) is 2.75. The number of rotatable bonds is 4. The first-order valence-corrected chi connectivity index (χ1v) is 6.42. The van der Waals surface area contributed by atoms with E-state index in [9.17, 15) is 4.79 Å². The number of hydrogen-bond acceptors (Lipinski definition) is 1. The number of hydrogen-bond donors (Lipinski definition) is 2. The fourth-order valence-electron chi connectivity index (χ4n) is 2.34. The van der Waals surface area contributed by atoms with E-state index in [1.165, 1.54) is 0 Å². The Hall–Kier alpha value is -1.77. The number of carbonyl (C=O) groups excluding carboxylic acids is 1. The summed E-state index contributed by atoms with van der Waals surface area (Å²) < 4.78 is 0. The second-order valence-corrected chi connectivity index (χ2v) is 5.34. The molecule has 0 bridgehead atoms. The third kappa shape index (κ3) is 2.55. The number of carbonyl (C=O) groups is 1. The van der Waals surface area contributed by atoms with Crippen LogP contribution in [0.25, 0.3) is 10.9 Å². The number of nitrogens with one attached hydrogen (secondary N) is 2. The lowest BCUT2D eigenvalue weighted by molar-refractivity contribution is 0.0910. The van der Waals surface area contributed by atoms with Gasteiger partial charge in [-0.15, -0.1) is 0 Å². The van der Waals surface area contributed by atoms with Gasteiger partial charge in [-0.25, -0.2) is 0 Å². The molecule has 0 atom stereocenters. The van der Waals surface area contributed by atoms with Gasteiger partial charge in [-0.3, -0.25) is 4.79 Å². The van der Waals surface area contributed by atoms with Gasteiger partial charge in [0, 0.05) is 17.1 Å². The van der Waals surface area contributed by atoms with Crippen molar-refractivity contribution < 1.29 is 4.79 Å². The molecule has 1 amide bonds. The third-order valence-corrected chi connectivity index (χ3v) is 3.16. The second-order valence-electron chi connectivity index (χ2n) is 5.34. The second kappa shape index (κ2) is 4.84. The maximum Gasteiger partial charge on any atom is 0.253 e. The van der Waals surface area contributed by atoms with Crippen LogP contribution < -0.4 is 5.32 Å². The van der Waals surface area contributed by atoms with Crippen molar-refractivity contribution in [2.75, 3.05) is 0 Å². The monoisotopic (exact) mass is 244 g/mol. The fraction of sp³-hybridized carbons (Fsp3) is 0.400. The summed E-state index contributed by atoms with van der Waals surface area (Å²) in [5.41, 5.74) is 1.45. The van der Waals surface area contributed by atoms with Gasteiger partial charge in [0.05, 0.1) is 11.1 Å². The quantitative estimate of drug-likeness (QED) is 0.849. The SMILES string of the molecule is CCCC(C)(C)NC(=O)c1cccc2cc[nH]c12. The lowest BCUT2D eigenvalue weighted by atomic mass is 9.98. The van der Waals surface area contributed by atoms with Gasteiger partial charge in [-0.1, -0.05) is 25.5 Å². The van der Waals surface area contributed by atoms with Gasteiger partial charge >= 0.3 is 0 Å². The molecular weight excluding hydrogens is 224 g/mol. The van der Waals surface area contributed by atoms with Crippen molar-refractivity contribution in [2.24, 2.45) is 0 Å². The van der Waals surface area contributed by atoms with Crippen LogP contribution in [0.15, 0.2) is 30.5 Å². The number of benzene rings is 1. The molecule has 1 aromatic heterocycles. The molecule has 0 aliphatic heterocycles. The highest BCUT2D eigenvalue weighted by atomic mass is 16.1. The Balaban J connectivity index is 2.26. The highest BCUT2D eigenvalue weighted by Gasteiger charge is 2.21. The van der Waals surface area contributed by atoms with Crippen molar-refractivity contribution in [3.8, 4) is 0 Å². The number of amides is 1. The Morgan fingerprint density at radius 3 is 2.83 bits per heavy atom. The summed E-state index contributed by atoms with van der Waals surface area (Å²) in [7, 11) is 0. The van der Waals surface area contributed by atoms with E-state index in [1.54, 1.807) is 0 Å². The van der Waals surface area contributed by atoms with E-state index in [1.807, 2.05) is 30.5 Å². The summed E-state index contributed by atoms with van der Waals surface area (Å²) in [4.78, 5) is 15.4. The minimum Gasteiger partial charge on any atom is -0.361 e. The zero-order chi connectivity index (χ0) is 13.2. The minimum atomic E-state index is -0.166. The zero-order valence-electron chi connectivity index (χ0n) is 11.2. The van der Waals surface area contributed by atoms with E-state index >= 15 is 0 Å². The highest BCUT2D eigenvalue weighted by molar-refractivity contribution is 6.05. The smallest absolute Gasteiger partial charge is 0.253 e. The van der Waals surface area contributed by atoms with Crippen molar-refractivity contribution in [2.45, 2.75) is 39.2 Å². The summed E-state index contributed by atoms with van der Waals surface area (Å²) in [6.45, 7) is 6.24. The van der Waals surface area contributed by atoms with Gasteiger partial charge in [0.2, 0.25) is 0 Å². The van der Waals surface area contributed by atoms with Crippen LogP contribution in [-0.4, -0.2) is 16.4 Å². The molecule has 96 valence electrons. The molecule has 0 aliphatic carbocycles. The van der Waals surface area contributed by atoms with Crippen LogP contribution in [0.5, 0.6) is 0 Å². The van der Waals surface area contributed by atoms with Crippen molar-refractivity contribution >= 4 is 16.8 Å². The van der Waals surface area contributed by atoms with Crippen molar-refractivity contribution in [3.05, 3.63) is 36.0 Å². The normalized spacial score (nSPS) is 11.7. The third-order valence-electron chi connectivity index (χ3n) is 3.16. The molecule has 1 aromatic carbocycles. The molecule has 2 N–H and O–H groups in total. The summed E-state index contributed by atoms with van der Waals surface area (Å²) >= 11 is 0. The van der Waals surface area contributed by atoms with Gasteiger partial charge in [0.15, 0.2) is 0 Å². The molecule has 2 aromatic rings. The maximum absolute atomic E-state index is 12.3. The summed E-state index contributed by atoms with van der Waals surface area (Å²) in [6.07, 6.45) is 3.89. The summed E-state index contributed by atoms with van der Waals surface area (Å²) in [5.74, 6) is -0.0125. The van der Waals surface area contributed by atoms with Gasteiger partial charge in [0.25, 0.3) is 5.91 Å². The van der Waals surface area contributed by atoms with Gasteiger partial charge in [-0.2, -0.15) is 0 Å². The molecule has 0 spiro atoms. The number of H-pyrrole nitrogens is 1. The van der Waals surface area contributed by atoms with Crippen LogP contribution in [0.3, 0.4) is 0 Å². The standard InChI is InChI=1S/C15H20N2O/c1-4-9-15(2,3)17-14(18)12-7-5-6-11-8-10-16-13(11)12/h5-8,10,16H,4,9H2,1-3H3,(H,17,18). The molecule has 0 fully saturated rings. The Morgan fingerprint density at radius 2 is 2.11 bits per heavy atom. The molecular formula is C15H20N2O. The molecule has 0 saturated carbocycles. The van der Waals surface area contributed by atoms with E-state index in [0.29, 0.717) is 5.56 Å². The summed E-state index contributed by atoms with van der Waals surface area (Å²) in [5, 5.41) is 4.16. The van der Waals surface area contributed by atoms with Crippen molar-refractivity contribution in [3.63, 3.8) is 0 Å². The van der Waals surface area contributed by atoms with E-state index in [0.717, 1.165) is 23.7 Å². The van der Waals surface area contributed by atoms with Crippen LogP contribution in [-0.2, 0) is 0 Å². The molecule has 2 rings (SSSR count). The Bertz CT molecular complexity index is 554. The Labute approximate surface area is 108 Å². The largest absolute Gasteiger partial charge is 0.361 e. The van der Waals surface area contributed by atoms with Crippen molar-refractivity contribution in [1.29, 1.82) is 0 Å². The lowest BCUT2D eigenvalue weighted by Crippen LogP contribution is -2.43. The molecule has 0 radical (unpaired) electrons. The zero-order valence-corrected chi connectivity index (χ0v) is 11.2. The molecule has 1 heterocycles. The molecule has 3 heteroatoms. The topological polar surface area (TPSA) is 44.9 Å².